The van der Waals surface area contributed by atoms with Gasteiger partial charge in [-0.3, -0.25) is 0 Å². The molecule has 3 heteroatoms. The molecular weight excluding hydrogens is 661 g/mol. The molecule has 53 heavy (non-hydrogen) atoms. The van der Waals surface area contributed by atoms with Crippen LogP contribution in [0.1, 0.15) is 25.0 Å². The van der Waals surface area contributed by atoms with Crippen LogP contribution in [0.15, 0.2) is 170 Å². The summed E-state index contributed by atoms with van der Waals surface area (Å²) in [5.74, 6) is 0. The summed E-state index contributed by atoms with van der Waals surface area (Å²) in [6.07, 6.45) is 0. The zero-order valence-electron chi connectivity index (χ0n) is 29.5. The highest BCUT2D eigenvalue weighted by atomic mass is 32.1. The first-order valence-electron chi connectivity index (χ1n) is 18.3. The van der Waals surface area contributed by atoms with E-state index in [2.05, 4.69) is 189 Å². The molecule has 1 heterocycles. The Hall–Kier alpha value is -6.29. The van der Waals surface area contributed by atoms with E-state index in [9.17, 15) is 0 Å². The molecule has 0 saturated heterocycles. The van der Waals surface area contributed by atoms with E-state index in [1.807, 2.05) is 0 Å². The number of fused-ring (bicyclic) bond motifs is 7. The number of nitrogens with zero attached hydrogens (tertiary/aromatic N) is 2. The van der Waals surface area contributed by atoms with Gasteiger partial charge in [0.15, 0.2) is 0 Å². The van der Waals surface area contributed by atoms with Crippen molar-refractivity contribution in [3.05, 3.63) is 181 Å². The third-order valence-electron chi connectivity index (χ3n) is 11.4. The van der Waals surface area contributed by atoms with Crippen molar-refractivity contribution in [1.82, 2.24) is 4.98 Å². The van der Waals surface area contributed by atoms with Crippen LogP contribution in [0.3, 0.4) is 0 Å². The van der Waals surface area contributed by atoms with Crippen LogP contribution in [-0.4, -0.2) is 4.98 Å². The van der Waals surface area contributed by atoms with Crippen LogP contribution in [-0.2, 0) is 5.41 Å². The summed E-state index contributed by atoms with van der Waals surface area (Å²) in [5, 5.41) is 6.14. The molecule has 2 nitrogen and oxygen atoms in total. The lowest BCUT2D eigenvalue weighted by molar-refractivity contribution is 0.660. The Morgan fingerprint density at radius 3 is 2.00 bits per heavy atom. The second-order valence-electron chi connectivity index (χ2n) is 14.8. The lowest BCUT2D eigenvalue weighted by Crippen LogP contribution is -2.16. The van der Waals surface area contributed by atoms with Gasteiger partial charge in [-0.15, -0.1) is 11.3 Å². The lowest BCUT2D eigenvalue weighted by atomic mass is 9.82. The number of aromatic nitrogens is 1. The van der Waals surface area contributed by atoms with Crippen molar-refractivity contribution >= 4 is 49.9 Å². The molecule has 0 bridgehead atoms. The Morgan fingerprint density at radius 2 is 1.13 bits per heavy atom. The first-order valence-corrected chi connectivity index (χ1v) is 19.1. The minimum atomic E-state index is -0.0686. The molecule has 0 radical (unpaired) electrons. The van der Waals surface area contributed by atoms with Crippen LogP contribution in [0.25, 0.3) is 76.1 Å². The quantitative estimate of drug-likeness (QED) is 0.178. The zero-order valence-corrected chi connectivity index (χ0v) is 30.3. The zero-order chi connectivity index (χ0) is 35.3. The molecule has 1 aromatic heterocycles. The van der Waals surface area contributed by atoms with Crippen molar-refractivity contribution in [2.24, 2.45) is 0 Å². The van der Waals surface area contributed by atoms with E-state index in [4.69, 9.17) is 4.98 Å². The van der Waals surface area contributed by atoms with Crippen molar-refractivity contribution in [3.8, 4) is 54.5 Å². The molecule has 0 amide bonds. The van der Waals surface area contributed by atoms with Crippen LogP contribution in [0.5, 0.6) is 0 Å². The number of para-hydroxylation sites is 1. The van der Waals surface area contributed by atoms with Gasteiger partial charge in [0.25, 0.3) is 0 Å². The number of hydrogen-bond donors (Lipinski definition) is 0. The summed E-state index contributed by atoms with van der Waals surface area (Å²) in [6, 6.07) is 62.2. The second-order valence-corrected chi connectivity index (χ2v) is 15.8. The summed E-state index contributed by atoms with van der Waals surface area (Å²) in [7, 11) is 0. The first kappa shape index (κ1) is 30.3. The summed E-state index contributed by atoms with van der Waals surface area (Å²) in [6.45, 7) is 4.69. The van der Waals surface area contributed by atoms with E-state index in [-0.39, 0.29) is 5.41 Å². The number of benzene rings is 8. The standard InChI is InChI=1S/C50H34N2S/c1-50(2)44-18-9-8-15-39(44)40-26-25-37(30-45(40)50)52(35-13-4-3-5-14-35)36-23-21-32(22-24-36)38-27-28-42-46-41(38)16-10-17-43(46)48-47(42)51-49(53-48)34-20-19-31-11-6-7-12-33(31)29-34/h3-30H,1-2H3. The maximum absolute atomic E-state index is 5.25. The minimum absolute atomic E-state index is 0.0686. The Bertz CT molecular complexity index is 2890. The fourth-order valence-electron chi connectivity index (χ4n) is 8.82. The summed E-state index contributed by atoms with van der Waals surface area (Å²) < 4.78 is 0. The highest BCUT2D eigenvalue weighted by molar-refractivity contribution is 7.19. The van der Waals surface area contributed by atoms with E-state index in [0.717, 1.165) is 27.8 Å². The smallest absolute Gasteiger partial charge is 0.124 e. The number of thiazole rings is 1. The molecule has 8 aromatic carbocycles. The van der Waals surface area contributed by atoms with E-state index in [1.165, 1.54) is 76.5 Å². The van der Waals surface area contributed by atoms with Gasteiger partial charge in [0.1, 0.15) is 5.01 Å². The lowest BCUT2D eigenvalue weighted by Gasteiger charge is -2.28. The maximum atomic E-state index is 5.25. The van der Waals surface area contributed by atoms with Gasteiger partial charge in [-0.1, -0.05) is 141 Å². The van der Waals surface area contributed by atoms with Crippen LogP contribution in [0.4, 0.5) is 17.1 Å². The highest BCUT2D eigenvalue weighted by Crippen LogP contribution is 2.54. The van der Waals surface area contributed by atoms with Crippen molar-refractivity contribution in [3.63, 3.8) is 0 Å². The van der Waals surface area contributed by atoms with Crippen molar-refractivity contribution < 1.29 is 0 Å². The molecule has 11 rings (SSSR count). The largest absolute Gasteiger partial charge is 0.310 e. The van der Waals surface area contributed by atoms with Crippen LogP contribution >= 0.6 is 11.3 Å². The molecule has 0 atom stereocenters. The molecule has 0 unspecified atom stereocenters. The van der Waals surface area contributed by atoms with Gasteiger partial charge >= 0.3 is 0 Å². The predicted octanol–water partition coefficient (Wildman–Crippen LogP) is 14.2. The molecule has 0 aliphatic heterocycles. The minimum Gasteiger partial charge on any atom is -0.310 e. The molecule has 0 fully saturated rings. The fourth-order valence-corrected chi connectivity index (χ4v) is 9.93. The van der Waals surface area contributed by atoms with Gasteiger partial charge in [-0.25, -0.2) is 4.98 Å². The van der Waals surface area contributed by atoms with Gasteiger partial charge in [0.2, 0.25) is 0 Å². The second kappa shape index (κ2) is 11.4. The van der Waals surface area contributed by atoms with Gasteiger partial charge in [-0.2, -0.15) is 0 Å². The van der Waals surface area contributed by atoms with Gasteiger partial charge < -0.3 is 4.90 Å². The van der Waals surface area contributed by atoms with E-state index in [1.54, 1.807) is 11.3 Å². The van der Waals surface area contributed by atoms with Crippen molar-refractivity contribution in [1.29, 1.82) is 0 Å². The van der Waals surface area contributed by atoms with Crippen LogP contribution in [0.2, 0.25) is 0 Å². The molecule has 2 aliphatic carbocycles. The monoisotopic (exact) mass is 694 g/mol. The molecule has 2 aliphatic rings. The Labute approximate surface area is 313 Å². The third kappa shape index (κ3) is 4.54. The van der Waals surface area contributed by atoms with E-state index >= 15 is 0 Å². The van der Waals surface area contributed by atoms with Gasteiger partial charge in [0, 0.05) is 44.6 Å². The molecule has 250 valence electrons. The van der Waals surface area contributed by atoms with Crippen molar-refractivity contribution in [2.45, 2.75) is 19.3 Å². The highest BCUT2D eigenvalue weighted by Gasteiger charge is 2.36. The van der Waals surface area contributed by atoms with Gasteiger partial charge in [-0.05, 0) is 92.0 Å². The summed E-state index contributed by atoms with van der Waals surface area (Å²) in [4.78, 5) is 8.90. The Balaban J connectivity index is 0.970. The van der Waals surface area contributed by atoms with E-state index < -0.39 is 0 Å². The van der Waals surface area contributed by atoms with E-state index in [0.29, 0.717) is 0 Å². The Kier molecular flexibility index (Phi) is 6.50. The van der Waals surface area contributed by atoms with Gasteiger partial charge in [0.05, 0.1) is 10.6 Å². The average Bonchev–Trinajstić information content (AvgIpc) is 3.84. The number of rotatable bonds is 5. The molecule has 9 aromatic rings. The normalized spacial score (nSPS) is 13.2. The SMILES string of the molecule is CC1(C)c2ccccc2-c2ccc(N(c3ccccc3)c3ccc(-c4ccc5c6c(cccc46)-c4sc(-c6ccc7ccccc7c6)nc4-5)cc3)cc21. The predicted molar refractivity (Wildman–Crippen MR) is 225 cm³/mol. The van der Waals surface area contributed by atoms with Crippen LogP contribution in [0, 0.1) is 0 Å². The molecule has 0 saturated carbocycles. The Morgan fingerprint density at radius 1 is 0.472 bits per heavy atom. The molecule has 0 spiro atoms. The molecule has 0 N–H and O–H groups in total. The molecular formula is C50H34N2S. The van der Waals surface area contributed by atoms with Crippen molar-refractivity contribution in [2.75, 3.05) is 4.90 Å². The topological polar surface area (TPSA) is 16.1 Å². The average molecular weight is 695 g/mol. The summed E-state index contributed by atoms with van der Waals surface area (Å²) in [5.41, 5.74) is 16.0. The number of anilines is 3. The fraction of sp³-hybridized carbons (Fsp3) is 0.0600. The maximum Gasteiger partial charge on any atom is 0.124 e. The van der Waals surface area contributed by atoms with Crippen LogP contribution < -0.4 is 4.90 Å². The summed E-state index contributed by atoms with van der Waals surface area (Å²) >= 11 is 1.80. The number of hydrogen-bond acceptors (Lipinski definition) is 3. The first-order chi connectivity index (χ1) is 26.0. The third-order valence-corrected chi connectivity index (χ3v) is 12.6.